The van der Waals surface area contributed by atoms with E-state index in [1.165, 1.54) is 12.8 Å². The number of carbonyl (C=O) groups excluding carboxylic acids is 1. The van der Waals surface area contributed by atoms with Gasteiger partial charge in [-0.05, 0) is 63.7 Å². The molecule has 0 N–H and O–H groups in total. The minimum atomic E-state index is -0.298. The van der Waals surface area contributed by atoms with E-state index in [9.17, 15) is 4.79 Å². The van der Waals surface area contributed by atoms with Crippen LogP contribution >= 0.6 is 0 Å². The van der Waals surface area contributed by atoms with E-state index in [0.29, 0.717) is 22.8 Å². The molecule has 0 aromatic carbocycles. The van der Waals surface area contributed by atoms with Gasteiger partial charge in [-0.25, -0.2) is 4.79 Å². The zero-order valence-corrected chi connectivity index (χ0v) is 15.8. The molecule has 0 aromatic rings. The van der Waals surface area contributed by atoms with Crippen LogP contribution in [0.25, 0.3) is 0 Å². The molecule has 4 aliphatic carbocycles. The summed E-state index contributed by atoms with van der Waals surface area (Å²) in [5.74, 6) is 1.07. The van der Waals surface area contributed by atoms with Gasteiger partial charge in [0.1, 0.15) is 5.60 Å². The third-order valence-electron chi connectivity index (χ3n) is 6.85. The molecule has 5 fully saturated rings. The van der Waals surface area contributed by atoms with Gasteiger partial charge in [0.2, 0.25) is 0 Å². The van der Waals surface area contributed by atoms with Gasteiger partial charge >= 0.3 is 5.97 Å². The molecule has 1 aliphatic heterocycles. The van der Waals surface area contributed by atoms with Crippen LogP contribution in [-0.2, 0) is 19.0 Å². The molecular formula is C21H32O4. The SMILES string of the molecule is C=C(C)C(=O)OC12CC3CC(CC(OCCCC4(C)COC4)(C3)C1)C2. The van der Waals surface area contributed by atoms with E-state index < -0.39 is 0 Å². The van der Waals surface area contributed by atoms with E-state index >= 15 is 0 Å². The lowest BCUT2D eigenvalue weighted by molar-refractivity contribution is -0.232. The van der Waals surface area contributed by atoms with Gasteiger partial charge in [-0.15, -0.1) is 0 Å². The van der Waals surface area contributed by atoms with E-state index in [1.54, 1.807) is 6.92 Å². The van der Waals surface area contributed by atoms with E-state index in [-0.39, 0.29) is 17.2 Å². The molecule has 4 saturated carbocycles. The molecule has 2 atom stereocenters. The molecule has 4 nitrogen and oxygen atoms in total. The monoisotopic (exact) mass is 348 g/mol. The summed E-state index contributed by atoms with van der Waals surface area (Å²) in [5.41, 5.74) is 0.509. The van der Waals surface area contributed by atoms with Crippen molar-refractivity contribution in [3.8, 4) is 0 Å². The number of carbonyl (C=O) groups is 1. The average Bonchev–Trinajstić information content (AvgIpc) is 2.48. The first-order valence-corrected chi connectivity index (χ1v) is 9.92. The van der Waals surface area contributed by atoms with Gasteiger partial charge in [0, 0.05) is 24.0 Å². The number of hydrogen-bond acceptors (Lipinski definition) is 4. The van der Waals surface area contributed by atoms with Crippen molar-refractivity contribution >= 4 is 5.97 Å². The van der Waals surface area contributed by atoms with Crippen molar-refractivity contribution in [3.05, 3.63) is 12.2 Å². The van der Waals surface area contributed by atoms with Crippen LogP contribution in [0.5, 0.6) is 0 Å². The minimum absolute atomic E-state index is 0.0591. The number of esters is 1. The Morgan fingerprint density at radius 2 is 1.80 bits per heavy atom. The zero-order valence-electron chi connectivity index (χ0n) is 15.8. The summed E-state index contributed by atoms with van der Waals surface area (Å²) in [6, 6.07) is 0. The van der Waals surface area contributed by atoms with Gasteiger partial charge in [-0.3, -0.25) is 0 Å². The van der Waals surface area contributed by atoms with Crippen LogP contribution in [-0.4, -0.2) is 37.0 Å². The zero-order chi connectivity index (χ0) is 17.7. The molecule has 4 heteroatoms. The maximum atomic E-state index is 12.2. The molecule has 25 heavy (non-hydrogen) atoms. The Morgan fingerprint density at radius 1 is 1.16 bits per heavy atom. The molecule has 1 saturated heterocycles. The highest BCUT2D eigenvalue weighted by Gasteiger charge is 2.60. The normalized spacial score (nSPS) is 40.6. The molecule has 0 aromatic heterocycles. The van der Waals surface area contributed by atoms with Crippen LogP contribution < -0.4 is 0 Å². The largest absolute Gasteiger partial charge is 0.456 e. The molecular weight excluding hydrogens is 316 g/mol. The van der Waals surface area contributed by atoms with Gasteiger partial charge in [0.15, 0.2) is 0 Å². The first-order chi connectivity index (χ1) is 11.8. The highest BCUT2D eigenvalue weighted by molar-refractivity contribution is 5.87. The van der Waals surface area contributed by atoms with Crippen molar-refractivity contribution in [2.75, 3.05) is 19.8 Å². The summed E-state index contributed by atoms with van der Waals surface area (Å²) < 4.78 is 17.8. The number of ether oxygens (including phenoxy) is 3. The second kappa shape index (κ2) is 6.09. The van der Waals surface area contributed by atoms with Crippen LogP contribution in [0.2, 0.25) is 0 Å². The van der Waals surface area contributed by atoms with Gasteiger partial charge < -0.3 is 14.2 Å². The van der Waals surface area contributed by atoms with Crippen molar-refractivity contribution < 1.29 is 19.0 Å². The van der Waals surface area contributed by atoms with Crippen LogP contribution in [0.15, 0.2) is 12.2 Å². The highest BCUT2D eigenvalue weighted by atomic mass is 16.6. The standard InChI is InChI=1S/C21H32O4/c1-15(2)18(22)25-21-10-16-7-17(11-21)9-20(8-16,12-21)24-6-4-5-19(3)13-23-14-19/h16-17H,1,4-14H2,2-3H3. The Labute approximate surface area is 151 Å². The summed E-state index contributed by atoms with van der Waals surface area (Å²) in [6.07, 6.45) is 8.76. The second-order valence-electron chi connectivity index (χ2n) is 9.75. The van der Waals surface area contributed by atoms with E-state index in [1.807, 2.05) is 0 Å². The Morgan fingerprint density at radius 3 is 2.36 bits per heavy atom. The maximum absolute atomic E-state index is 12.2. The first kappa shape index (κ1) is 17.5. The molecule has 0 radical (unpaired) electrons. The van der Waals surface area contributed by atoms with Crippen molar-refractivity contribution in [2.24, 2.45) is 17.3 Å². The summed E-state index contributed by atoms with van der Waals surface area (Å²) in [4.78, 5) is 12.2. The minimum Gasteiger partial charge on any atom is -0.456 e. The Hall–Kier alpha value is -0.870. The van der Waals surface area contributed by atoms with Crippen molar-refractivity contribution in [1.82, 2.24) is 0 Å². The fourth-order valence-corrected chi connectivity index (χ4v) is 6.05. The van der Waals surface area contributed by atoms with Gasteiger partial charge in [-0.1, -0.05) is 13.5 Å². The topological polar surface area (TPSA) is 44.8 Å². The lowest BCUT2D eigenvalue weighted by Gasteiger charge is -2.60. The molecule has 0 amide bonds. The molecule has 4 bridgehead atoms. The molecule has 1 heterocycles. The molecule has 140 valence electrons. The van der Waals surface area contributed by atoms with Crippen LogP contribution in [0, 0.1) is 17.3 Å². The third kappa shape index (κ3) is 3.40. The first-order valence-electron chi connectivity index (χ1n) is 9.92. The summed E-state index contributed by atoms with van der Waals surface area (Å²) in [7, 11) is 0. The fourth-order valence-electron chi connectivity index (χ4n) is 6.05. The lowest BCUT2D eigenvalue weighted by Crippen LogP contribution is -2.61. The van der Waals surface area contributed by atoms with Gasteiger partial charge in [0.25, 0.3) is 0 Å². The Bertz CT molecular complexity index is 548. The summed E-state index contributed by atoms with van der Waals surface area (Å²) in [6.45, 7) is 10.4. The van der Waals surface area contributed by atoms with Crippen LogP contribution in [0.3, 0.4) is 0 Å². The van der Waals surface area contributed by atoms with Crippen molar-refractivity contribution in [2.45, 2.75) is 76.4 Å². The molecule has 5 rings (SSSR count). The number of hydrogen-bond donors (Lipinski definition) is 0. The van der Waals surface area contributed by atoms with Gasteiger partial charge in [0.05, 0.1) is 18.8 Å². The molecule has 5 aliphatic rings. The molecule has 2 unspecified atom stereocenters. The fraction of sp³-hybridized carbons (Fsp3) is 0.857. The van der Waals surface area contributed by atoms with Gasteiger partial charge in [-0.2, -0.15) is 0 Å². The van der Waals surface area contributed by atoms with E-state index in [4.69, 9.17) is 14.2 Å². The maximum Gasteiger partial charge on any atom is 0.333 e. The van der Waals surface area contributed by atoms with Crippen LogP contribution in [0.4, 0.5) is 0 Å². The summed E-state index contributed by atoms with van der Waals surface area (Å²) >= 11 is 0. The second-order valence-corrected chi connectivity index (χ2v) is 9.75. The van der Waals surface area contributed by atoms with Crippen LogP contribution in [0.1, 0.15) is 65.2 Å². The lowest BCUT2D eigenvalue weighted by atomic mass is 9.52. The third-order valence-corrected chi connectivity index (χ3v) is 6.85. The smallest absolute Gasteiger partial charge is 0.333 e. The molecule has 0 spiro atoms. The van der Waals surface area contributed by atoms with Crippen molar-refractivity contribution in [1.29, 1.82) is 0 Å². The average molecular weight is 348 g/mol. The predicted octanol–water partition coefficient (Wildman–Crippen LogP) is 4.03. The highest BCUT2D eigenvalue weighted by Crippen LogP contribution is 2.60. The van der Waals surface area contributed by atoms with E-state index in [2.05, 4.69) is 13.5 Å². The predicted molar refractivity (Wildman–Crippen MR) is 95.2 cm³/mol. The quantitative estimate of drug-likeness (QED) is 0.396. The van der Waals surface area contributed by atoms with Crippen molar-refractivity contribution in [3.63, 3.8) is 0 Å². The Kier molecular flexibility index (Phi) is 4.27. The Balaban J connectivity index is 1.38. The summed E-state index contributed by atoms with van der Waals surface area (Å²) in [5, 5.41) is 0. The number of rotatable bonds is 7. The van der Waals surface area contributed by atoms with E-state index in [0.717, 1.165) is 58.3 Å².